The van der Waals surface area contributed by atoms with E-state index in [4.69, 9.17) is 9.47 Å². The van der Waals surface area contributed by atoms with E-state index >= 15 is 0 Å². The molecule has 1 N–H and O–H groups in total. The SMILES string of the molecule is CCOC(=O)c1cc(C(=O)OCC(=O)Nc2ccc(C(=O)N(C)C)cc2)cc([N+](=O)[O-])c1. The van der Waals surface area contributed by atoms with Crippen molar-refractivity contribution >= 4 is 35.1 Å². The minimum absolute atomic E-state index is 0.0474. The van der Waals surface area contributed by atoms with E-state index in [1.807, 2.05) is 0 Å². The summed E-state index contributed by atoms with van der Waals surface area (Å²) < 4.78 is 9.70. The Kier molecular flexibility index (Phi) is 7.99. The average molecular weight is 443 g/mol. The Hall–Kier alpha value is -4.28. The highest BCUT2D eigenvalue weighted by Crippen LogP contribution is 2.19. The van der Waals surface area contributed by atoms with Gasteiger partial charge in [0.2, 0.25) is 0 Å². The first-order valence-electron chi connectivity index (χ1n) is 9.37. The van der Waals surface area contributed by atoms with Crippen LogP contribution >= 0.6 is 0 Å². The molecule has 0 heterocycles. The number of hydrogen-bond acceptors (Lipinski definition) is 8. The van der Waals surface area contributed by atoms with Crippen molar-refractivity contribution in [1.29, 1.82) is 0 Å². The van der Waals surface area contributed by atoms with Crippen molar-refractivity contribution < 1.29 is 33.6 Å². The van der Waals surface area contributed by atoms with Crippen LogP contribution in [0.5, 0.6) is 0 Å². The van der Waals surface area contributed by atoms with Crippen molar-refractivity contribution in [2.75, 3.05) is 32.6 Å². The second kappa shape index (κ2) is 10.7. The van der Waals surface area contributed by atoms with Gasteiger partial charge >= 0.3 is 11.9 Å². The molecule has 0 aliphatic heterocycles. The van der Waals surface area contributed by atoms with Gasteiger partial charge in [-0.1, -0.05) is 0 Å². The number of rotatable bonds is 8. The van der Waals surface area contributed by atoms with Gasteiger partial charge in [-0.05, 0) is 37.3 Å². The summed E-state index contributed by atoms with van der Waals surface area (Å²) in [7, 11) is 3.23. The molecule has 0 aliphatic rings. The van der Waals surface area contributed by atoms with Crippen molar-refractivity contribution in [1.82, 2.24) is 4.90 Å². The Bertz CT molecular complexity index is 1050. The third-order valence-corrected chi connectivity index (χ3v) is 4.03. The number of non-ortho nitro benzene ring substituents is 1. The van der Waals surface area contributed by atoms with E-state index in [-0.39, 0.29) is 23.6 Å². The summed E-state index contributed by atoms with van der Waals surface area (Å²) >= 11 is 0. The Morgan fingerprint density at radius 1 is 0.938 bits per heavy atom. The first-order valence-corrected chi connectivity index (χ1v) is 9.37. The topological polar surface area (TPSA) is 145 Å². The van der Waals surface area contributed by atoms with Crippen LogP contribution in [0.4, 0.5) is 11.4 Å². The first kappa shape index (κ1) is 24.0. The maximum atomic E-state index is 12.3. The fourth-order valence-electron chi connectivity index (χ4n) is 2.53. The average Bonchev–Trinajstić information content (AvgIpc) is 2.77. The Balaban J connectivity index is 2.03. The molecule has 2 aromatic rings. The number of carbonyl (C=O) groups is 4. The van der Waals surface area contributed by atoms with E-state index < -0.39 is 35.1 Å². The maximum absolute atomic E-state index is 12.3. The minimum Gasteiger partial charge on any atom is -0.462 e. The normalized spacial score (nSPS) is 10.1. The number of ether oxygens (including phenoxy) is 2. The summed E-state index contributed by atoms with van der Waals surface area (Å²) in [6, 6.07) is 9.10. The van der Waals surface area contributed by atoms with E-state index in [0.29, 0.717) is 11.3 Å². The zero-order valence-electron chi connectivity index (χ0n) is 17.6. The highest BCUT2D eigenvalue weighted by atomic mass is 16.6. The zero-order valence-corrected chi connectivity index (χ0v) is 17.6. The van der Waals surface area contributed by atoms with Gasteiger partial charge in [-0.15, -0.1) is 0 Å². The van der Waals surface area contributed by atoms with Gasteiger partial charge in [0.1, 0.15) is 0 Å². The van der Waals surface area contributed by atoms with Crippen LogP contribution in [0.1, 0.15) is 38.0 Å². The molecule has 0 saturated heterocycles. The molecule has 0 spiro atoms. The lowest BCUT2D eigenvalue weighted by molar-refractivity contribution is -0.384. The maximum Gasteiger partial charge on any atom is 0.338 e. The summed E-state index contributed by atoms with van der Waals surface area (Å²) in [6.07, 6.45) is 0. The first-order chi connectivity index (χ1) is 15.1. The second-order valence-electron chi connectivity index (χ2n) is 6.65. The van der Waals surface area contributed by atoms with Crippen LogP contribution in [0, 0.1) is 10.1 Å². The summed E-state index contributed by atoms with van der Waals surface area (Å²) in [6.45, 7) is 0.942. The number of nitrogens with one attached hydrogen (secondary N) is 1. The zero-order chi connectivity index (χ0) is 23.8. The van der Waals surface area contributed by atoms with Crippen LogP contribution in [0.3, 0.4) is 0 Å². The van der Waals surface area contributed by atoms with Crippen LogP contribution in [-0.2, 0) is 14.3 Å². The lowest BCUT2D eigenvalue weighted by Crippen LogP contribution is -2.22. The van der Waals surface area contributed by atoms with Gasteiger partial charge in [-0.2, -0.15) is 0 Å². The number of anilines is 1. The number of esters is 2. The van der Waals surface area contributed by atoms with Crippen molar-refractivity contribution in [2.45, 2.75) is 6.92 Å². The molecule has 2 rings (SSSR count). The summed E-state index contributed by atoms with van der Waals surface area (Å²) in [5.74, 6) is -2.72. The van der Waals surface area contributed by atoms with Crippen LogP contribution in [-0.4, -0.2) is 60.9 Å². The van der Waals surface area contributed by atoms with Crippen molar-refractivity contribution in [3.05, 3.63) is 69.3 Å². The molecule has 11 heteroatoms. The Morgan fingerprint density at radius 3 is 2.00 bits per heavy atom. The van der Waals surface area contributed by atoms with Crippen molar-refractivity contribution in [3.63, 3.8) is 0 Å². The standard InChI is InChI=1S/C21H21N3O8/c1-4-31-20(27)14-9-15(11-17(10-14)24(29)30)21(28)32-12-18(25)22-16-7-5-13(6-8-16)19(26)23(2)3/h5-11H,4,12H2,1-3H3,(H,22,25). The molecule has 0 aromatic heterocycles. The minimum atomic E-state index is -1.03. The molecular weight excluding hydrogens is 422 g/mol. The molecule has 32 heavy (non-hydrogen) atoms. The van der Waals surface area contributed by atoms with Crippen LogP contribution in [0.15, 0.2) is 42.5 Å². The molecule has 168 valence electrons. The molecule has 0 fully saturated rings. The molecule has 0 bridgehead atoms. The highest BCUT2D eigenvalue weighted by Gasteiger charge is 2.20. The molecule has 11 nitrogen and oxygen atoms in total. The fourth-order valence-corrected chi connectivity index (χ4v) is 2.53. The molecule has 0 unspecified atom stereocenters. The van der Waals surface area contributed by atoms with Crippen LogP contribution < -0.4 is 5.32 Å². The third kappa shape index (κ3) is 6.36. The molecule has 2 amide bonds. The molecule has 0 aliphatic carbocycles. The molecular formula is C21H21N3O8. The highest BCUT2D eigenvalue weighted by molar-refractivity contribution is 5.99. The molecule has 0 atom stereocenters. The van der Waals surface area contributed by atoms with Crippen LogP contribution in [0.25, 0.3) is 0 Å². The van der Waals surface area contributed by atoms with E-state index in [0.717, 1.165) is 18.2 Å². The fraction of sp³-hybridized carbons (Fsp3) is 0.238. The number of amides is 2. The van der Waals surface area contributed by atoms with Gasteiger partial charge < -0.3 is 19.7 Å². The number of benzene rings is 2. The second-order valence-corrected chi connectivity index (χ2v) is 6.65. The van der Waals surface area contributed by atoms with E-state index in [1.54, 1.807) is 21.0 Å². The number of carbonyl (C=O) groups excluding carboxylic acids is 4. The summed E-state index contributed by atoms with van der Waals surface area (Å²) in [4.78, 5) is 59.8. The third-order valence-electron chi connectivity index (χ3n) is 4.03. The van der Waals surface area contributed by atoms with Gasteiger partial charge in [0.25, 0.3) is 17.5 Å². The number of hydrogen-bond donors (Lipinski definition) is 1. The van der Waals surface area contributed by atoms with Crippen molar-refractivity contribution in [2.24, 2.45) is 0 Å². The molecule has 0 saturated carbocycles. The number of nitrogens with zero attached hydrogens (tertiary/aromatic N) is 2. The molecule has 0 radical (unpaired) electrons. The predicted molar refractivity (Wildman–Crippen MR) is 112 cm³/mol. The smallest absolute Gasteiger partial charge is 0.338 e. The van der Waals surface area contributed by atoms with Crippen LogP contribution in [0.2, 0.25) is 0 Å². The lowest BCUT2D eigenvalue weighted by Gasteiger charge is -2.11. The Morgan fingerprint density at radius 2 is 1.50 bits per heavy atom. The summed E-state index contributed by atoms with van der Waals surface area (Å²) in [5, 5.41) is 13.6. The molecule has 2 aromatic carbocycles. The van der Waals surface area contributed by atoms with E-state index in [2.05, 4.69) is 5.32 Å². The largest absolute Gasteiger partial charge is 0.462 e. The van der Waals surface area contributed by atoms with Gasteiger partial charge in [0.05, 0.1) is 22.7 Å². The predicted octanol–water partition coefficient (Wildman–Crippen LogP) is 2.27. The van der Waals surface area contributed by atoms with Gasteiger partial charge in [0.15, 0.2) is 6.61 Å². The van der Waals surface area contributed by atoms with Crippen molar-refractivity contribution in [3.8, 4) is 0 Å². The number of nitro groups is 1. The number of nitro benzene ring substituents is 1. The Labute approximate surface area is 183 Å². The quantitative estimate of drug-likeness (QED) is 0.371. The monoisotopic (exact) mass is 443 g/mol. The van der Waals surface area contributed by atoms with Gasteiger partial charge in [0, 0.05) is 37.5 Å². The lowest BCUT2D eigenvalue weighted by atomic mass is 10.1. The van der Waals surface area contributed by atoms with Gasteiger partial charge in [-0.3, -0.25) is 19.7 Å². The van der Waals surface area contributed by atoms with E-state index in [1.165, 1.54) is 29.2 Å². The van der Waals surface area contributed by atoms with Gasteiger partial charge in [-0.25, -0.2) is 9.59 Å². The summed E-state index contributed by atoms with van der Waals surface area (Å²) in [5.41, 5.74) is -0.158. The van der Waals surface area contributed by atoms with E-state index in [9.17, 15) is 29.3 Å².